The molecule has 2 heterocycles. The van der Waals surface area contributed by atoms with Crippen LogP contribution in [0.5, 0.6) is 0 Å². The smallest absolute Gasteiger partial charge is 0.418 e. The number of benzene rings is 2. The zero-order valence-electron chi connectivity index (χ0n) is 19.0. The number of nitrogens with two attached hydrogens (primary N) is 1. The summed E-state index contributed by atoms with van der Waals surface area (Å²) in [5.74, 6) is -1.81. The van der Waals surface area contributed by atoms with Gasteiger partial charge in [-0.15, -0.1) is 0 Å². The molecule has 10 heteroatoms. The molecule has 1 aliphatic heterocycles. The number of hydrogen-bond donors (Lipinski definition) is 1. The predicted molar refractivity (Wildman–Crippen MR) is 125 cm³/mol. The van der Waals surface area contributed by atoms with E-state index in [1.54, 1.807) is 24.0 Å². The Morgan fingerprint density at radius 2 is 1.91 bits per heavy atom. The number of primary amides is 1. The average Bonchev–Trinajstić information content (AvgIpc) is 2.83. The van der Waals surface area contributed by atoms with Crippen molar-refractivity contribution in [1.29, 1.82) is 0 Å². The molecule has 0 aliphatic carbocycles. The first-order chi connectivity index (χ1) is 16.6. The highest BCUT2D eigenvalue weighted by Gasteiger charge is 2.36. The summed E-state index contributed by atoms with van der Waals surface area (Å²) in [7, 11) is 0. The second kappa shape index (κ2) is 9.44. The van der Waals surface area contributed by atoms with Crippen molar-refractivity contribution in [2.24, 2.45) is 11.7 Å². The van der Waals surface area contributed by atoms with Crippen LogP contribution in [0.1, 0.15) is 35.7 Å². The molecule has 0 spiro atoms. The van der Waals surface area contributed by atoms with Crippen molar-refractivity contribution in [3.05, 3.63) is 70.0 Å². The van der Waals surface area contributed by atoms with E-state index in [1.807, 2.05) is 0 Å². The molecule has 35 heavy (non-hydrogen) atoms. The molecule has 1 aliphatic rings. The molecule has 0 saturated carbocycles. The molecule has 2 aromatic carbocycles. The first-order valence-corrected chi connectivity index (χ1v) is 11.2. The summed E-state index contributed by atoms with van der Waals surface area (Å²) in [6.07, 6.45) is -2.44. The average molecular weight is 487 g/mol. The summed E-state index contributed by atoms with van der Waals surface area (Å²) in [6.45, 7) is 2.70. The SMILES string of the molecule is CCOC(=O)C1CCCN(c2ccc(-n3cc(C(N)=O)c(=O)c4ccccc43)c(C(F)(F)F)c2)C1. The van der Waals surface area contributed by atoms with E-state index in [1.165, 1.54) is 28.8 Å². The maximum atomic E-state index is 14.3. The van der Waals surface area contributed by atoms with Crippen LogP contribution in [0, 0.1) is 5.92 Å². The van der Waals surface area contributed by atoms with Crippen molar-refractivity contribution in [3.8, 4) is 5.69 Å². The second-order valence-electron chi connectivity index (χ2n) is 8.36. The minimum atomic E-state index is -4.74. The Balaban J connectivity index is 1.85. The van der Waals surface area contributed by atoms with Gasteiger partial charge in [0.15, 0.2) is 0 Å². The molecule has 1 fully saturated rings. The number of para-hydroxylation sites is 1. The zero-order chi connectivity index (χ0) is 25.3. The van der Waals surface area contributed by atoms with Crippen molar-refractivity contribution in [1.82, 2.24) is 4.57 Å². The number of amides is 1. The molecule has 1 aromatic heterocycles. The number of piperidine rings is 1. The van der Waals surface area contributed by atoms with Crippen molar-refractivity contribution in [2.75, 3.05) is 24.6 Å². The molecule has 2 N–H and O–H groups in total. The molecule has 0 radical (unpaired) electrons. The molecular formula is C25H24F3N3O4. The van der Waals surface area contributed by atoms with Gasteiger partial charge in [0.1, 0.15) is 5.56 Å². The number of fused-ring (bicyclic) bond motifs is 1. The topological polar surface area (TPSA) is 94.6 Å². The second-order valence-corrected chi connectivity index (χ2v) is 8.36. The summed E-state index contributed by atoms with van der Waals surface area (Å²) >= 11 is 0. The Hall–Kier alpha value is -3.82. The first-order valence-electron chi connectivity index (χ1n) is 11.2. The van der Waals surface area contributed by atoms with Gasteiger partial charge in [0.2, 0.25) is 5.43 Å². The number of ether oxygens (including phenoxy) is 1. The molecular weight excluding hydrogens is 463 g/mol. The Kier molecular flexibility index (Phi) is 6.56. The molecule has 1 atom stereocenters. The summed E-state index contributed by atoms with van der Waals surface area (Å²) in [5, 5.41) is 0.0781. The van der Waals surface area contributed by atoms with Crippen LogP contribution in [-0.2, 0) is 15.7 Å². The summed E-state index contributed by atoms with van der Waals surface area (Å²) in [4.78, 5) is 38.4. The maximum Gasteiger partial charge on any atom is 0.418 e. The van der Waals surface area contributed by atoms with Gasteiger partial charge in [-0.2, -0.15) is 13.2 Å². The Morgan fingerprint density at radius 3 is 2.60 bits per heavy atom. The number of carbonyl (C=O) groups excluding carboxylic acids is 2. The van der Waals surface area contributed by atoms with Crippen LogP contribution in [0.15, 0.2) is 53.5 Å². The molecule has 7 nitrogen and oxygen atoms in total. The minimum absolute atomic E-state index is 0.0781. The van der Waals surface area contributed by atoms with E-state index in [2.05, 4.69) is 0 Å². The molecule has 1 saturated heterocycles. The number of alkyl halides is 3. The molecule has 1 amide bonds. The number of hydrogen-bond acceptors (Lipinski definition) is 5. The number of rotatable bonds is 5. The fraction of sp³-hybridized carbons (Fsp3) is 0.320. The van der Waals surface area contributed by atoms with Gasteiger partial charge in [-0.05, 0) is 50.1 Å². The van der Waals surface area contributed by atoms with Crippen molar-refractivity contribution in [2.45, 2.75) is 25.9 Å². The maximum absolute atomic E-state index is 14.3. The van der Waals surface area contributed by atoms with E-state index in [0.717, 1.165) is 12.3 Å². The monoisotopic (exact) mass is 487 g/mol. The predicted octanol–water partition coefficient (Wildman–Crippen LogP) is 3.89. The summed E-state index contributed by atoms with van der Waals surface area (Å²) in [6, 6.07) is 9.95. The quantitative estimate of drug-likeness (QED) is 0.551. The van der Waals surface area contributed by atoms with Crippen molar-refractivity contribution < 1.29 is 27.5 Å². The zero-order valence-corrected chi connectivity index (χ0v) is 19.0. The minimum Gasteiger partial charge on any atom is -0.466 e. The lowest BCUT2D eigenvalue weighted by Crippen LogP contribution is -2.39. The van der Waals surface area contributed by atoms with E-state index in [0.29, 0.717) is 25.1 Å². The van der Waals surface area contributed by atoms with Crippen LogP contribution in [-0.4, -0.2) is 36.1 Å². The van der Waals surface area contributed by atoms with Gasteiger partial charge in [-0.1, -0.05) is 12.1 Å². The van der Waals surface area contributed by atoms with E-state index in [-0.39, 0.29) is 35.7 Å². The fourth-order valence-electron chi connectivity index (χ4n) is 4.47. The standard InChI is InChI=1S/C25H24F3N3O4/c1-2-35-24(34)15-6-5-11-30(13-15)16-9-10-21(19(12-16)25(26,27)28)31-14-18(23(29)33)22(32)17-7-3-4-8-20(17)31/h3-4,7-10,12,14-15H,2,5-6,11,13H2,1H3,(H2,29,33). The fourth-order valence-corrected chi connectivity index (χ4v) is 4.47. The Bertz CT molecular complexity index is 1350. The van der Waals surface area contributed by atoms with E-state index >= 15 is 0 Å². The van der Waals surface area contributed by atoms with Crippen molar-refractivity contribution in [3.63, 3.8) is 0 Å². The van der Waals surface area contributed by atoms with Gasteiger partial charge in [0.25, 0.3) is 5.91 Å². The van der Waals surface area contributed by atoms with Crippen LogP contribution in [0.4, 0.5) is 18.9 Å². The molecule has 0 bridgehead atoms. The van der Waals surface area contributed by atoms with Crippen LogP contribution >= 0.6 is 0 Å². The summed E-state index contributed by atoms with van der Waals surface area (Å²) < 4.78 is 49.1. The van der Waals surface area contributed by atoms with Crippen LogP contribution < -0.4 is 16.1 Å². The number of halogens is 3. The highest BCUT2D eigenvalue weighted by atomic mass is 19.4. The number of pyridine rings is 1. The number of nitrogens with zero attached hydrogens (tertiary/aromatic N) is 2. The molecule has 1 unspecified atom stereocenters. The highest BCUT2D eigenvalue weighted by Crippen LogP contribution is 2.38. The van der Waals surface area contributed by atoms with Gasteiger partial charge in [-0.25, -0.2) is 0 Å². The van der Waals surface area contributed by atoms with Crippen LogP contribution in [0.25, 0.3) is 16.6 Å². The van der Waals surface area contributed by atoms with E-state index in [9.17, 15) is 27.6 Å². The van der Waals surface area contributed by atoms with Gasteiger partial charge in [0.05, 0.1) is 29.3 Å². The Morgan fingerprint density at radius 1 is 1.17 bits per heavy atom. The molecule has 4 rings (SSSR count). The lowest BCUT2D eigenvalue weighted by Gasteiger charge is -2.34. The van der Waals surface area contributed by atoms with Gasteiger partial charge in [0, 0.05) is 30.4 Å². The third-order valence-electron chi connectivity index (χ3n) is 6.13. The number of aromatic nitrogens is 1. The number of esters is 1. The highest BCUT2D eigenvalue weighted by molar-refractivity contribution is 5.96. The Labute approximate surface area is 198 Å². The lowest BCUT2D eigenvalue weighted by molar-refractivity contribution is -0.148. The molecule has 184 valence electrons. The van der Waals surface area contributed by atoms with Crippen molar-refractivity contribution >= 4 is 28.5 Å². The van der Waals surface area contributed by atoms with Crippen LogP contribution in [0.3, 0.4) is 0 Å². The lowest BCUT2D eigenvalue weighted by atomic mass is 9.97. The van der Waals surface area contributed by atoms with Gasteiger partial charge in [-0.3, -0.25) is 14.4 Å². The first kappa shape index (κ1) is 24.3. The van der Waals surface area contributed by atoms with Gasteiger partial charge < -0.3 is 19.9 Å². The number of anilines is 1. The summed E-state index contributed by atoms with van der Waals surface area (Å²) in [5.41, 5.74) is 3.61. The van der Waals surface area contributed by atoms with E-state index in [4.69, 9.17) is 10.5 Å². The van der Waals surface area contributed by atoms with Gasteiger partial charge >= 0.3 is 12.1 Å². The molecule has 3 aromatic rings. The van der Waals surface area contributed by atoms with Crippen LogP contribution in [0.2, 0.25) is 0 Å². The van der Waals surface area contributed by atoms with E-state index < -0.39 is 34.6 Å². The largest absolute Gasteiger partial charge is 0.466 e. The number of carbonyl (C=O) groups is 2. The normalized spacial score (nSPS) is 16.3. The third-order valence-corrected chi connectivity index (χ3v) is 6.13. The third kappa shape index (κ3) is 4.73.